The van der Waals surface area contributed by atoms with Crippen LogP contribution in [0, 0.1) is 5.82 Å². The van der Waals surface area contributed by atoms with Crippen molar-refractivity contribution in [1.82, 2.24) is 4.98 Å². The fraction of sp³-hybridized carbons (Fsp3) is 0.143. The van der Waals surface area contributed by atoms with Gasteiger partial charge in [0.15, 0.2) is 0 Å². The average Bonchev–Trinajstić information content (AvgIpc) is 2.04. The molecule has 66 valence electrons. The number of hydrogen-bond acceptors (Lipinski definition) is 2. The lowest BCUT2D eigenvalue weighted by Gasteiger charge is -2.01. The number of halogens is 3. The van der Waals surface area contributed by atoms with E-state index in [2.05, 4.69) is 20.9 Å². The van der Waals surface area contributed by atoms with Gasteiger partial charge in [0.2, 0.25) is 0 Å². The van der Waals surface area contributed by atoms with E-state index in [0.717, 1.165) is 6.20 Å². The zero-order valence-electron chi connectivity index (χ0n) is 5.91. The van der Waals surface area contributed by atoms with Gasteiger partial charge in [0.25, 0.3) is 0 Å². The van der Waals surface area contributed by atoms with E-state index in [4.69, 9.17) is 0 Å². The first-order valence-electron chi connectivity index (χ1n) is 2.94. The van der Waals surface area contributed by atoms with E-state index in [1.54, 1.807) is 0 Å². The molecule has 2 nitrogen and oxygen atoms in total. The Kier molecular flexibility index (Phi) is 5.24. The summed E-state index contributed by atoms with van der Waals surface area (Å²) in [5.74, 6) is -0.471. The zero-order valence-corrected chi connectivity index (χ0v) is 9.21. The van der Waals surface area contributed by atoms with Crippen molar-refractivity contribution in [3.05, 3.63) is 29.8 Å². The number of rotatable bonds is 2. The van der Waals surface area contributed by atoms with Crippen molar-refractivity contribution in [3.63, 3.8) is 0 Å². The van der Waals surface area contributed by atoms with E-state index in [9.17, 15) is 9.18 Å². The number of hydrogen-bond donors (Lipinski definition) is 0. The van der Waals surface area contributed by atoms with Gasteiger partial charge in [-0.1, -0.05) is 15.9 Å². The van der Waals surface area contributed by atoms with Gasteiger partial charge in [0, 0.05) is 11.8 Å². The molecule has 0 aliphatic rings. The molecule has 0 saturated carbocycles. The highest BCUT2D eigenvalue weighted by Crippen LogP contribution is 2.21. The van der Waals surface area contributed by atoms with Gasteiger partial charge in [-0.25, -0.2) is 4.39 Å². The molecule has 0 radical (unpaired) electrons. The maximum Gasteiger partial charge on any atom is 0.146 e. The van der Waals surface area contributed by atoms with Crippen molar-refractivity contribution in [2.75, 3.05) is 0 Å². The van der Waals surface area contributed by atoms with Gasteiger partial charge in [-0.15, -0.1) is 17.0 Å². The van der Waals surface area contributed by atoms with Gasteiger partial charge in [0.1, 0.15) is 12.1 Å². The minimum absolute atomic E-state index is 0. The molecule has 1 aromatic rings. The van der Waals surface area contributed by atoms with Crippen LogP contribution in [0.25, 0.3) is 0 Å². The highest BCUT2D eigenvalue weighted by atomic mass is 79.9. The summed E-state index contributed by atoms with van der Waals surface area (Å²) in [6.45, 7) is 0. The smallest absolute Gasteiger partial charge is 0.146 e. The lowest BCUT2D eigenvalue weighted by Crippen LogP contribution is -1.95. The van der Waals surface area contributed by atoms with E-state index in [-0.39, 0.29) is 17.0 Å². The van der Waals surface area contributed by atoms with Gasteiger partial charge in [-0.05, 0) is 6.07 Å². The molecule has 0 aliphatic heterocycles. The van der Waals surface area contributed by atoms with Crippen LogP contribution >= 0.6 is 32.9 Å². The summed E-state index contributed by atoms with van der Waals surface area (Å²) in [5, 5.41) is 0. The molecule has 0 saturated heterocycles. The van der Waals surface area contributed by atoms with Crippen LogP contribution in [0.1, 0.15) is 10.4 Å². The minimum atomic E-state index is -0.578. The normalized spacial score (nSPS) is 11.5. The number of aromatic nitrogens is 1. The number of carbonyl (C=O) groups is 1. The summed E-state index contributed by atoms with van der Waals surface area (Å²) >= 11 is 3.00. The fourth-order valence-corrected chi connectivity index (χ4v) is 1.05. The van der Waals surface area contributed by atoms with Crippen LogP contribution in [0.5, 0.6) is 0 Å². The Morgan fingerprint density at radius 3 is 2.83 bits per heavy atom. The lowest BCUT2D eigenvalue weighted by molar-refractivity contribution is -0.107. The maximum atomic E-state index is 12.8. The van der Waals surface area contributed by atoms with E-state index in [1.807, 2.05) is 0 Å². The van der Waals surface area contributed by atoms with Gasteiger partial charge < -0.3 is 4.79 Å². The van der Waals surface area contributed by atoms with Crippen molar-refractivity contribution in [3.8, 4) is 0 Å². The van der Waals surface area contributed by atoms with E-state index >= 15 is 0 Å². The number of pyridine rings is 1. The van der Waals surface area contributed by atoms with Crippen molar-refractivity contribution in [1.29, 1.82) is 0 Å². The molecule has 12 heavy (non-hydrogen) atoms. The summed E-state index contributed by atoms with van der Waals surface area (Å²) in [4.78, 5) is 13.2. The fourth-order valence-electron chi connectivity index (χ4n) is 0.683. The van der Waals surface area contributed by atoms with Crippen molar-refractivity contribution >= 4 is 39.2 Å². The molecule has 0 fully saturated rings. The van der Waals surface area contributed by atoms with Crippen LogP contribution in [0.4, 0.5) is 4.39 Å². The van der Waals surface area contributed by atoms with E-state index < -0.39 is 10.6 Å². The molecule has 1 atom stereocenters. The number of carbonyl (C=O) groups excluding carboxylic acids is 1. The highest BCUT2D eigenvalue weighted by molar-refractivity contribution is 9.09. The molecule has 1 heterocycles. The molecule has 0 bridgehead atoms. The lowest BCUT2D eigenvalue weighted by atomic mass is 10.2. The molecular weight excluding hydrogens is 293 g/mol. The molecule has 0 aromatic carbocycles. The Morgan fingerprint density at radius 2 is 2.33 bits per heavy atom. The van der Waals surface area contributed by atoms with E-state index in [0.29, 0.717) is 11.8 Å². The zero-order chi connectivity index (χ0) is 8.27. The van der Waals surface area contributed by atoms with Gasteiger partial charge >= 0.3 is 0 Å². The maximum absolute atomic E-state index is 12.8. The first-order valence-corrected chi connectivity index (χ1v) is 3.86. The summed E-state index contributed by atoms with van der Waals surface area (Å²) in [5.41, 5.74) is 0.315. The molecule has 0 N–H and O–H groups in total. The van der Waals surface area contributed by atoms with Crippen LogP contribution in [-0.2, 0) is 4.79 Å². The molecule has 0 amide bonds. The van der Waals surface area contributed by atoms with Gasteiger partial charge in [-0.2, -0.15) is 0 Å². The van der Waals surface area contributed by atoms with Crippen LogP contribution in [0.15, 0.2) is 18.5 Å². The van der Waals surface area contributed by atoms with Crippen molar-refractivity contribution in [2.45, 2.75) is 4.83 Å². The quantitative estimate of drug-likeness (QED) is 0.620. The topological polar surface area (TPSA) is 30.0 Å². The van der Waals surface area contributed by atoms with Crippen molar-refractivity contribution in [2.24, 2.45) is 0 Å². The third-order valence-corrected chi connectivity index (χ3v) is 1.93. The van der Waals surface area contributed by atoms with E-state index in [1.165, 1.54) is 12.3 Å². The predicted octanol–water partition coefficient (Wildman–Crippen LogP) is 2.43. The Balaban J connectivity index is 0.00000121. The molecule has 1 rings (SSSR count). The first kappa shape index (κ1) is 11.7. The predicted molar refractivity (Wildman–Crippen MR) is 52.2 cm³/mol. The molecule has 1 unspecified atom stereocenters. The SMILES string of the molecule is Br.O=CC(Br)c1ccncc1F. The summed E-state index contributed by atoms with van der Waals surface area (Å²) in [7, 11) is 0. The summed E-state index contributed by atoms with van der Waals surface area (Å²) < 4.78 is 12.8. The Bertz CT molecular complexity index is 269. The highest BCUT2D eigenvalue weighted by Gasteiger charge is 2.09. The van der Waals surface area contributed by atoms with Crippen LogP contribution < -0.4 is 0 Å². The Hall–Kier alpha value is -0.290. The third-order valence-electron chi connectivity index (χ3n) is 1.22. The van der Waals surface area contributed by atoms with Crippen molar-refractivity contribution < 1.29 is 9.18 Å². The molecule has 0 spiro atoms. The second-order valence-electron chi connectivity index (χ2n) is 1.94. The third kappa shape index (κ3) is 2.64. The number of alkyl halides is 1. The number of aldehydes is 1. The summed E-state index contributed by atoms with van der Waals surface area (Å²) in [6.07, 6.45) is 3.14. The summed E-state index contributed by atoms with van der Waals surface area (Å²) in [6, 6.07) is 1.46. The Labute approximate surface area is 88.1 Å². The standard InChI is InChI=1S/C7H5BrFNO.BrH/c8-6(4-11)5-1-2-10-3-7(5)9;/h1-4,6H;1H. The van der Waals surface area contributed by atoms with Crippen LogP contribution in [0.3, 0.4) is 0 Å². The second-order valence-corrected chi connectivity index (χ2v) is 2.92. The Morgan fingerprint density at radius 1 is 1.67 bits per heavy atom. The number of nitrogens with zero attached hydrogens (tertiary/aromatic N) is 1. The van der Waals surface area contributed by atoms with Gasteiger partial charge in [-0.3, -0.25) is 4.98 Å². The molecule has 1 aromatic heterocycles. The second kappa shape index (κ2) is 5.37. The van der Waals surface area contributed by atoms with Gasteiger partial charge in [0.05, 0.1) is 11.0 Å². The largest absolute Gasteiger partial charge is 0.302 e. The van der Waals surface area contributed by atoms with Crippen LogP contribution in [0.2, 0.25) is 0 Å². The molecule has 5 heteroatoms. The van der Waals surface area contributed by atoms with Crippen LogP contribution in [-0.4, -0.2) is 11.3 Å². The monoisotopic (exact) mass is 297 g/mol. The molecular formula is C7H6Br2FNO. The first-order chi connectivity index (χ1) is 5.25. The molecule has 0 aliphatic carbocycles. The minimum Gasteiger partial charge on any atom is -0.302 e. The average molecular weight is 299 g/mol.